The maximum Gasteiger partial charge on any atom is 0.246 e. The number of hydrogen-bond donors (Lipinski definition) is 1. The molecule has 0 bridgehead atoms. The van der Waals surface area contributed by atoms with Crippen molar-refractivity contribution in [3.8, 4) is 5.75 Å². The zero-order valence-corrected chi connectivity index (χ0v) is 18.6. The van der Waals surface area contributed by atoms with Crippen LogP contribution in [0.25, 0.3) is 10.9 Å². The standard InChI is InChI=1S/C26H29N3O3/c1-3-4-7-14-28-16-23(30)29-22(26(28)31)15-20-19-8-5-6-9-21(19)27-24(20)25(29)17-10-12-18(32-2)13-11-17/h5-6,8-13,22,25,27H,3-4,7,14-16H2,1-2H3. The highest BCUT2D eigenvalue weighted by molar-refractivity contribution is 5.97. The zero-order chi connectivity index (χ0) is 22.2. The van der Waals surface area contributed by atoms with Crippen LogP contribution in [0.5, 0.6) is 5.75 Å². The minimum Gasteiger partial charge on any atom is -0.497 e. The second kappa shape index (κ2) is 8.34. The first-order valence-corrected chi connectivity index (χ1v) is 11.5. The van der Waals surface area contributed by atoms with Gasteiger partial charge >= 0.3 is 0 Å². The molecule has 166 valence electrons. The number of ether oxygens (including phenoxy) is 1. The molecule has 2 aromatic carbocycles. The largest absolute Gasteiger partial charge is 0.497 e. The van der Waals surface area contributed by atoms with Crippen molar-refractivity contribution in [2.45, 2.75) is 44.7 Å². The summed E-state index contributed by atoms with van der Waals surface area (Å²) in [5.74, 6) is 0.840. The van der Waals surface area contributed by atoms with Crippen LogP contribution in [0.1, 0.15) is 49.0 Å². The summed E-state index contributed by atoms with van der Waals surface area (Å²) in [6.07, 6.45) is 3.63. The van der Waals surface area contributed by atoms with Gasteiger partial charge in [0.2, 0.25) is 11.8 Å². The third-order valence-corrected chi connectivity index (χ3v) is 6.81. The zero-order valence-electron chi connectivity index (χ0n) is 18.6. The SMILES string of the molecule is CCCCCN1CC(=O)N2C(Cc3c([nH]c4ccccc34)C2c2ccc(OC)cc2)C1=O. The maximum atomic E-state index is 13.5. The van der Waals surface area contributed by atoms with Crippen LogP contribution in [0.2, 0.25) is 0 Å². The van der Waals surface area contributed by atoms with Gasteiger partial charge in [-0.2, -0.15) is 0 Å². The fraction of sp³-hybridized carbons (Fsp3) is 0.385. The summed E-state index contributed by atoms with van der Waals surface area (Å²) in [4.78, 5) is 34.1. The molecule has 0 spiro atoms. The molecule has 1 aromatic heterocycles. The number of unbranched alkanes of at least 4 members (excludes halogenated alkanes) is 2. The van der Waals surface area contributed by atoms with E-state index in [9.17, 15) is 9.59 Å². The van der Waals surface area contributed by atoms with Crippen molar-refractivity contribution in [3.05, 3.63) is 65.4 Å². The molecule has 2 atom stereocenters. The molecular formula is C26H29N3O3. The molecule has 1 saturated heterocycles. The van der Waals surface area contributed by atoms with Crippen molar-refractivity contribution < 1.29 is 14.3 Å². The number of nitrogens with zero attached hydrogens (tertiary/aromatic N) is 2. The van der Waals surface area contributed by atoms with E-state index in [0.717, 1.165) is 52.7 Å². The molecule has 1 N–H and O–H groups in total. The molecule has 0 saturated carbocycles. The number of piperazine rings is 1. The van der Waals surface area contributed by atoms with Gasteiger partial charge in [-0.1, -0.05) is 50.1 Å². The number of amides is 2. The smallest absolute Gasteiger partial charge is 0.246 e. The fourth-order valence-corrected chi connectivity index (χ4v) is 5.20. The molecule has 2 amide bonds. The van der Waals surface area contributed by atoms with E-state index in [2.05, 4.69) is 24.0 Å². The van der Waals surface area contributed by atoms with E-state index in [4.69, 9.17) is 4.74 Å². The van der Waals surface area contributed by atoms with E-state index in [0.29, 0.717) is 13.0 Å². The number of aromatic amines is 1. The highest BCUT2D eigenvalue weighted by Gasteiger charge is 2.48. The lowest BCUT2D eigenvalue weighted by molar-refractivity contribution is -0.158. The number of fused-ring (bicyclic) bond motifs is 4. The van der Waals surface area contributed by atoms with E-state index in [1.165, 1.54) is 0 Å². The van der Waals surface area contributed by atoms with Crippen LogP contribution in [0.4, 0.5) is 0 Å². The first-order valence-electron chi connectivity index (χ1n) is 11.5. The Hall–Kier alpha value is -3.28. The highest BCUT2D eigenvalue weighted by Crippen LogP contribution is 2.42. The van der Waals surface area contributed by atoms with Crippen molar-refractivity contribution in [2.24, 2.45) is 0 Å². The number of carbonyl (C=O) groups is 2. The average molecular weight is 432 g/mol. The van der Waals surface area contributed by atoms with Crippen LogP contribution in [0.15, 0.2) is 48.5 Å². The summed E-state index contributed by atoms with van der Waals surface area (Å²) < 4.78 is 5.33. The number of aromatic nitrogens is 1. The monoisotopic (exact) mass is 431 g/mol. The molecule has 1 fully saturated rings. The molecule has 0 aliphatic carbocycles. The summed E-state index contributed by atoms with van der Waals surface area (Å²) in [6.45, 7) is 2.95. The van der Waals surface area contributed by atoms with Crippen LogP contribution < -0.4 is 4.74 Å². The molecular weight excluding hydrogens is 402 g/mol. The van der Waals surface area contributed by atoms with Gasteiger partial charge in [0.15, 0.2) is 0 Å². The number of hydrogen-bond acceptors (Lipinski definition) is 3. The van der Waals surface area contributed by atoms with Crippen molar-refractivity contribution in [2.75, 3.05) is 20.2 Å². The number of rotatable bonds is 6. The number of H-pyrrole nitrogens is 1. The number of nitrogens with one attached hydrogen (secondary N) is 1. The Morgan fingerprint density at radius 1 is 1.06 bits per heavy atom. The third kappa shape index (κ3) is 3.34. The van der Waals surface area contributed by atoms with Gasteiger partial charge in [0.25, 0.3) is 0 Å². The van der Waals surface area contributed by atoms with Crippen molar-refractivity contribution in [3.63, 3.8) is 0 Å². The average Bonchev–Trinajstić information content (AvgIpc) is 3.19. The van der Waals surface area contributed by atoms with Gasteiger partial charge < -0.3 is 19.5 Å². The van der Waals surface area contributed by atoms with Crippen LogP contribution in [0.3, 0.4) is 0 Å². The van der Waals surface area contributed by atoms with Gasteiger partial charge in [0.1, 0.15) is 11.8 Å². The van der Waals surface area contributed by atoms with Gasteiger partial charge in [-0.25, -0.2) is 0 Å². The van der Waals surface area contributed by atoms with Crippen LogP contribution in [0, 0.1) is 0 Å². The number of carbonyl (C=O) groups excluding carboxylic acids is 2. The number of para-hydroxylation sites is 1. The van der Waals surface area contributed by atoms with Gasteiger partial charge in [-0.05, 0) is 35.7 Å². The predicted octanol–water partition coefficient (Wildman–Crippen LogP) is 4.05. The fourth-order valence-electron chi connectivity index (χ4n) is 5.20. The summed E-state index contributed by atoms with van der Waals surface area (Å²) >= 11 is 0. The van der Waals surface area contributed by atoms with Crippen LogP contribution in [-0.4, -0.2) is 52.8 Å². The van der Waals surface area contributed by atoms with Gasteiger partial charge in [-0.15, -0.1) is 0 Å². The van der Waals surface area contributed by atoms with Gasteiger partial charge in [0.05, 0.1) is 19.7 Å². The number of methoxy groups -OCH3 is 1. The lowest BCUT2D eigenvalue weighted by Gasteiger charge is -2.47. The lowest BCUT2D eigenvalue weighted by Crippen LogP contribution is -2.63. The topological polar surface area (TPSA) is 65.6 Å². The van der Waals surface area contributed by atoms with Crippen molar-refractivity contribution in [1.82, 2.24) is 14.8 Å². The van der Waals surface area contributed by atoms with Crippen LogP contribution >= 0.6 is 0 Å². The first-order chi connectivity index (χ1) is 15.6. The van der Waals surface area contributed by atoms with Crippen LogP contribution in [-0.2, 0) is 16.0 Å². The van der Waals surface area contributed by atoms with E-state index < -0.39 is 6.04 Å². The predicted molar refractivity (Wildman–Crippen MR) is 124 cm³/mol. The molecule has 3 aromatic rings. The Kier molecular flexibility index (Phi) is 5.37. The minimum absolute atomic E-state index is 0.0104. The Bertz CT molecular complexity index is 1150. The molecule has 6 heteroatoms. The van der Waals surface area contributed by atoms with Gasteiger partial charge in [-0.3, -0.25) is 9.59 Å². The van der Waals surface area contributed by atoms with Crippen molar-refractivity contribution in [1.29, 1.82) is 0 Å². The van der Waals surface area contributed by atoms with E-state index in [1.54, 1.807) is 12.0 Å². The van der Waals surface area contributed by atoms with E-state index in [1.807, 2.05) is 41.3 Å². The molecule has 5 rings (SSSR count). The lowest BCUT2D eigenvalue weighted by atomic mass is 9.86. The third-order valence-electron chi connectivity index (χ3n) is 6.81. The van der Waals surface area contributed by atoms with Gasteiger partial charge in [0, 0.05) is 29.6 Å². The first kappa shape index (κ1) is 20.6. The Morgan fingerprint density at radius 2 is 1.84 bits per heavy atom. The second-order valence-corrected chi connectivity index (χ2v) is 8.73. The summed E-state index contributed by atoms with van der Waals surface area (Å²) in [6, 6.07) is 15.2. The second-order valence-electron chi connectivity index (χ2n) is 8.73. The quantitative estimate of drug-likeness (QED) is 0.599. The summed E-state index contributed by atoms with van der Waals surface area (Å²) in [7, 11) is 1.64. The molecule has 2 aliphatic rings. The summed E-state index contributed by atoms with van der Waals surface area (Å²) in [5, 5.41) is 1.13. The van der Waals surface area contributed by atoms with E-state index >= 15 is 0 Å². The van der Waals surface area contributed by atoms with Crippen molar-refractivity contribution >= 4 is 22.7 Å². The molecule has 2 unspecified atom stereocenters. The summed E-state index contributed by atoms with van der Waals surface area (Å²) in [5.41, 5.74) is 4.16. The molecule has 6 nitrogen and oxygen atoms in total. The Morgan fingerprint density at radius 3 is 2.59 bits per heavy atom. The Balaban J connectivity index is 1.60. The number of benzene rings is 2. The Labute approximate surface area is 188 Å². The highest BCUT2D eigenvalue weighted by atomic mass is 16.5. The molecule has 0 radical (unpaired) electrons. The normalized spacial score (nSPS) is 20.4. The maximum absolute atomic E-state index is 13.5. The molecule has 32 heavy (non-hydrogen) atoms. The van der Waals surface area contributed by atoms with E-state index in [-0.39, 0.29) is 24.4 Å². The minimum atomic E-state index is -0.475. The molecule has 2 aliphatic heterocycles. The molecule has 3 heterocycles.